The molecule has 0 saturated carbocycles. The standard InChI is InChI=1S/C17H23NO3/c1-16(2,12-9-7-6-8-10-12)17(3,4)14(19)15-18-13(20-5)11-21-15/h6-11,14,19H,1-5H3. The van der Waals surface area contributed by atoms with Gasteiger partial charge in [-0.15, -0.1) is 0 Å². The Labute approximate surface area is 125 Å². The zero-order valence-electron chi connectivity index (χ0n) is 13.3. The molecule has 0 bridgehead atoms. The average Bonchev–Trinajstić information content (AvgIpc) is 2.96. The highest BCUT2D eigenvalue weighted by Crippen LogP contribution is 2.49. The van der Waals surface area contributed by atoms with E-state index < -0.39 is 11.5 Å². The van der Waals surface area contributed by atoms with Crippen LogP contribution in [0.5, 0.6) is 5.88 Å². The van der Waals surface area contributed by atoms with E-state index in [2.05, 4.69) is 31.0 Å². The molecular weight excluding hydrogens is 266 g/mol. The van der Waals surface area contributed by atoms with E-state index >= 15 is 0 Å². The van der Waals surface area contributed by atoms with Crippen LogP contribution in [-0.2, 0) is 5.41 Å². The Balaban J connectivity index is 2.35. The van der Waals surface area contributed by atoms with Crippen molar-refractivity contribution in [2.75, 3.05) is 7.11 Å². The van der Waals surface area contributed by atoms with E-state index in [1.165, 1.54) is 13.4 Å². The zero-order chi connectivity index (χ0) is 15.7. The summed E-state index contributed by atoms with van der Waals surface area (Å²) in [6.07, 6.45) is 0.570. The SMILES string of the molecule is COc1coc(C(O)C(C)(C)C(C)(C)c2ccccc2)n1. The van der Waals surface area contributed by atoms with Crippen LogP contribution >= 0.6 is 0 Å². The van der Waals surface area contributed by atoms with Crippen LogP contribution in [0.25, 0.3) is 0 Å². The van der Waals surface area contributed by atoms with Gasteiger partial charge in [0.1, 0.15) is 6.10 Å². The van der Waals surface area contributed by atoms with Crippen molar-refractivity contribution in [3.8, 4) is 5.88 Å². The van der Waals surface area contributed by atoms with Gasteiger partial charge in [-0.25, -0.2) is 0 Å². The van der Waals surface area contributed by atoms with Crippen LogP contribution in [0, 0.1) is 5.41 Å². The Morgan fingerprint density at radius 2 is 1.76 bits per heavy atom. The number of hydrogen-bond donors (Lipinski definition) is 1. The summed E-state index contributed by atoms with van der Waals surface area (Å²) in [5, 5.41) is 10.7. The lowest BCUT2D eigenvalue weighted by atomic mass is 9.61. The van der Waals surface area contributed by atoms with Gasteiger partial charge >= 0.3 is 0 Å². The summed E-state index contributed by atoms with van der Waals surface area (Å²) in [5.41, 5.74) is 0.409. The number of oxazole rings is 1. The van der Waals surface area contributed by atoms with Gasteiger partial charge in [-0.1, -0.05) is 58.0 Å². The molecule has 4 nitrogen and oxygen atoms in total. The summed E-state index contributed by atoms with van der Waals surface area (Å²) < 4.78 is 10.4. The third kappa shape index (κ3) is 2.68. The molecule has 1 unspecified atom stereocenters. The highest BCUT2D eigenvalue weighted by Gasteiger charge is 2.46. The predicted molar refractivity (Wildman–Crippen MR) is 81.3 cm³/mol. The lowest BCUT2D eigenvalue weighted by Gasteiger charge is -2.44. The number of benzene rings is 1. The first-order valence-electron chi connectivity index (χ1n) is 7.03. The van der Waals surface area contributed by atoms with E-state index in [-0.39, 0.29) is 11.3 Å². The van der Waals surface area contributed by atoms with E-state index in [4.69, 9.17) is 9.15 Å². The molecule has 0 radical (unpaired) electrons. The molecule has 1 heterocycles. The van der Waals surface area contributed by atoms with Crippen molar-refractivity contribution in [3.63, 3.8) is 0 Å². The second kappa shape index (κ2) is 5.53. The first-order valence-corrected chi connectivity index (χ1v) is 7.03. The third-order valence-electron chi connectivity index (χ3n) is 4.73. The van der Waals surface area contributed by atoms with Crippen molar-refractivity contribution in [1.82, 2.24) is 4.98 Å². The summed E-state index contributed by atoms with van der Waals surface area (Å²) in [5.74, 6) is 0.651. The second-order valence-corrected chi connectivity index (χ2v) is 6.34. The molecule has 0 spiro atoms. The summed E-state index contributed by atoms with van der Waals surface area (Å²) in [4.78, 5) is 4.16. The van der Waals surface area contributed by atoms with Crippen molar-refractivity contribution in [2.45, 2.75) is 39.2 Å². The quantitative estimate of drug-likeness (QED) is 0.911. The first-order chi connectivity index (χ1) is 9.80. The molecule has 1 N–H and O–H groups in total. The van der Waals surface area contributed by atoms with Crippen LogP contribution in [0.1, 0.15) is 45.3 Å². The van der Waals surface area contributed by atoms with Gasteiger partial charge in [0, 0.05) is 5.41 Å². The topological polar surface area (TPSA) is 55.5 Å². The Morgan fingerprint density at radius 1 is 1.14 bits per heavy atom. The molecule has 0 saturated heterocycles. The van der Waals surface area contributed by atoms with Gasteiger partial charge in [-0.3, -0.25) is 0 Å². The van der Waals surface area contributed by atoms with Gasteiger partial charge in [-0.2, -0.15) is 4.98 Å². The Hall–Kier alpha value is -1.81. The molecule has 1 atom stereocenters. The van der Waals surface area contributed by atoms with E-state index in [0.29, 0.717) is 5.88 Å². The maximum absolute atomic E-state index is 10.7. The van der Waals surface area contributed by atoms with Crippen molar-refractivity contribution in [3.05, 3.63) is 48.0 Å². The molecule has 0 aliphatic carbocycles. The molecule has 4 heteroatoms. The number of hydrogen-bond acceptors (Lipinski definition) is 4. The molecule has 0 fully saturated rings. The lowest BCUT2D eigenvalue weighted by molar-refractivity contribution is -0.0191. The van der Waals surface area contributed by atoms with E-state index in [9.17, 15) is 5.11 Å². The summed E-state index contributed by atoms with van der Waals surface area (Å²) in [7, 11) is 1.52. The number of methoxy groups -OCH3 is 1. The van der Waals surface area contributed by atoms with E-state index in [1.807, 2.05) is 32.0 Å². The zero-order valence-corrected chi connectivity index (χ0v) is 13.3. The fraction of sp³-hybridized carbons (Fsp3) is 0.471. The van der Waals surface area contributed by atoms with Gasteiger partial charge in [0.2, 0.25) is 5.89 Å². The van der Waals surface area contributed by atoms with Crippen LogP contribution in [0.2, 0.25) is 0 Å². The Morgan fingerprint density at radius 3 is 2.29 bits per heavy atom. The highest BCUT2D eigenvalue weighted by molar-refractivity contribution is 5.27. The summed E-state index contributed by atoms with van der Waals surface area (Å²) >= 11 is 0. The van der Waals surface area contributed by atoms with E-state index in [1.54, 1.807) is 0 Å². The minimum absolute atomic E-state index is 0.268. The van der Waals surface area contributed by atoms with Crippen molar-refractivity contribution in [1.29, 1.82) is 0 Å². The third-order valence-corrected chi connectivity index (χ3v) is 4.73. The normalized spacial score (nSPS) is 14.0. The molecule has 2 rings (SSSR count). The van der Waals surface area contributed by atoms with Crippen LogP contribution in [-0.4, -0.2) is 17.2 Å². The van der Waals surface area contributed by atoms with Gasteiger partial charge in [0.25, 0.3) is 5.88 Å². The van der Waals surface area contributed by atoms with Crippen LogP contribution in [0.3, 0.4) is 0 Å². The van der Waals surface area contributed by atoms with Crippen molar-refractivity contribution < 1.29 is 14.3 Å². The molecule has 21 heavy (non-hydrogen) atoms. The summed E-state index contributed by atoms with van der Waals surface area (Å²) in [6, 6.07) is 10.2. The molecule has 0 aliphatic rings. The maximum atomic E-state index is 10.7. The molecular formula is C17H23NO3. The number of ether oxygens (including phenoxy) is 1. The van der Waals surface area contributed by atoms with Crippen molar-refractivity contribution in [2.24, 2.45) is 5.41 Å². The largest absolute Gasteiger partial charge is 0.479 e. The maximum Gasteiger partial charge on any atom is 0.252 e. The van der Waals surface area contributed by atoms with Gasteiger partial charge in [-0.05, 0) is 11.0 Å². The molecule has 1 aromatic carbocycles. The number of aromatic nitrogens is 1. The van der Waals surface area contributed by atoms with Crippen molar-refractivity contribution >= 4 is 0 Å². The number of rotatable bonds is 5. The smallest absolute Gasteiger partial charge is 0.252 e. The fourth-order valence-corrected chi connectivity index (χ4v) is 2.37. The van der Waals surface area contributed by atoms with Crippen LogP contribution < -0.4 is 4.74 Å². The minimum atomic E-state index is -0.836. The molecule has 0 aliphatic heterocycles. The van der Waals surface area contributed by atoms with Gasteiger partial charge in [0.15, 0.2) is 6.26 Å². The minimum Gasteiger partial charge on any atom is -0.479 e. The van der Waals surface area contributed by atoms with Gasteiger partial charge < -0.3 is 14.3 Å². The number of aliphatic hydroxyl groups excluding tert-OH is 1. The number of nitrogens with zero attached hydrogens (tertiary/aromatic N) is 1. The van der Waals surface area contributed by atoms with Crippen LogP contribution in [0.4, 0.5) is 0 Å². The van der Waals surface area contributed by atoms with Gasteiger partial charge in [0.05, 0.1) is 7.11 Å². The average molecular weight is 289 g/mol. The summed E-state index contributed by atoms with van der Waals surface area (Å²) in [6.45, 7) is 8.26. The second-order valence-electron chi connectivity index (χ2n) is 6.34. The molecule has 0 amide bonds. The molecule has 1 aromatic heterocycles. The van der Waals surface area contributed by atoms with Crippen LogP contribution in [0.15, 0.2) is 41.0 Å². The Kier molecular flexibility index (Phi) is 4.10. The first kappa shape index (κ1) is 15.6. The fourth-order valence-electron chi connectivity index (χ4n) is 2.37. The Bertz CT molecular complexity index is 587. The monoisotopic (exact) mass is 289 g/mol. The highest BCUT2D eigenvalue weighted by atomic mass is 16.5. The lowest BCUT2D eigenvalue weighted by Crippen LogP contribution is -2.41. The number of aliphatic hydroxyl groups is 1. The molecule has 114 valence electrons. The predicted octanol–water partition coefficient (Wildman–Crippen LogP) is 3.72. The van der Waals surface area contributed by atoms with E-state index in [0.717, 1.165) is 5.56 Å². The molecule has 2 aromatic rings.